The Morgan fingerprint density at radius 1 is 1.16 bits per heavy atom. The van der Waals surface area contributed by atoms with Gasteiger partial charge in [-0.2, -0.15) is 5.10 Å². The Hall–Kier alpha value is -3.52. The van der Waals surface area contributed by atoms with E-state index in [9.17, 15) is 14.4 Å². The molecule has 3 N–H and O–H groups in total. The molecule has 0 aliphatic carbocycles. The number of unbranched alkanes of at least 4 members (excludes halogenated alkanes) is 1. The van der Waals surface area contributed by atoms with Crippen LogP contribution in [0, 0.1) is 0 Å². The van der Waals surface area contributed by atoms with Crippen LogP contribution in [0.15, 0.2) is 54.9 Å². The van der Waals surface area contributed by atoms with Crippen molar-refractivity contribution in [1.82, 2.24) is 20.1 Å². The lowest BCUT2D eigenvalue weighted by Gasteiger charge is -2.17. The van der Waals surface area contributed by atoms with Crippen LogP contribution in [-0.4, -0.2) is 38.4 Å². The van der Waals surface area contributed by atoms with Crippen molar-refractivity contribution in [2.45, 2.75) is 32.2 Å². The van der Waals surface area contributed by atoms with Crippen LogP contribution in [0.5, 0.6) is 0 Å². The highest BCUT2D eigenvalue weighted by Gasteiger charge is 2.26. The standard InChI is InChI=1S/C22H22ClN5O3/c1-2-3-6-18(19(29)20(24)30)26-22(31)16-5-4-12-25-21(16)28-13-11-17(27-28)14-7-9-15(23)10-8-14/h4-5,7-13,18H,2-3,6H2,1H3,(H2,24,30)(H,26,31). The molecule has 8 nitrogen and oxygen atoms in total. The summed E-state index contributed by atoms with van der Waals surface area (Å²) in [7, 11) is 0. The summed E-state index contributed by atoms with van der Waals surface area (Å²) in [6, 6.07) is 11.2. The number of nitrogens with two attached hydrogens (primary N) is 1. The predicted molar refractivity (Wildman–Crippen MR) is 117 cm³/mol. The summed E-state index contributed by atoms with van der Waals surface area (Å²) in [5.41, 5.74) is 6.89. The van der Waals surface area contributed by atoms with E-state index in [0.717, 1.165) is 12.0 Å². The monoisotopic (exact) mass is 439 g/mol. The van der Waals surface area contributed by atoms with E-state index < -0.39 is 23.6 Å². The Balaban J connectivity index is 1.87. The number of nitrogens with zero attached hydrogens (tertiary/aromatic N) is 3. The molecule has 1 unspecified atom stereocenters. The number of carbonyl (C=O) groups excluding carboxylic acids is 3. The van der Waals surface area contributed by atoms with Gasteiger partial charge in [0.1, 0.15) is 0 Å². The fourth-order valence-electron chi connectivity index (χ4n) is 3.06. The number of amides is 2. The van der Waals surface area contributed by atoms with Crippen molar-refractivity contribution in [3.63, 3.8) is 0 Å². The molecule has 3 rings (SSSR count). The van der Waals surface area contributed by atoms with E-state index in [1.165, 1.54) is 4.68 Å². The maximum atomic E-state index is 12.9. The minimum atomic E-state index is -1.08. The van der Waals surface area contributed by atoms with Gasteiger partial charge >= 0.3 is 0 Å². The number of nitrogens with one attached hydrogen (secondary N) is 1. The molecule has 160 valence electrons. The molecule has 0 radical (unpaired) electrons. The summed E-state index contributed by atoms with van der Waals surface area (Å²) in [5, 5.41) is 7.74. The SMILES string of the molecule is CCCCC(NC(=O)c1cccnc1-n1ccc(-c2ccc(Cl)cc2)n1)C(=O)C(N)=O. The van der Waals surface area contributed by atoms with E-state index in [0.29, 0.717) is 29.4 Å². The Bertz CT molecular complexity index is 1090. The zero-order valence-corrected chi connectivity index (χ0v) is 17.7. The molecule has 0 aliphatic heterocycles. The summed E-state index contributed by atoms with van der Waals surface area (Å²) in [5.74, 6) is -2.15. The average molecular weight is 440 g/mol. The highest BCUT2D eigenvalue weighted by Crippen LogP contribution is 2.21. The smallest absolute Gasteiger partial charge is 0.287 e. The van der Waals surface area contributed by atoms with Crippen LogP contribution in [0.1, 0.15) is 36.5 Å². The van der Waals surface area contributed by atoms with Crippen molar-refractivity contribution in [1.29, 1.82) is 0 Å². The van der Waals surface area contributed by atoms with Gasteiger partial charge in [-0.1, -0.05) is 43.5 Å². The zero-order valence-electron chi connectivity index (χ0n) is 16.9. The second-order valence-electron chi connectivity index (χ2n) is 6.92. The first-order valence-corrected chi connectivity index (χ1v) is 10.2. The van der Waals surface area contributed by atoms with Gasteiger partial charge in [0.05, 0.1) is 17.3 Å². The van der Waals surface area contributed by atoms with Gasteiger partial charge in [0.2, 0.25) is 5.78 Å². The minimum Gasteiger partial charge on any atom is -0.363 e. The number of hydrogen-bond acceptors (Lipinski definition) is 5. The normalized spacial score (nSPS) is 11.7. The number of primary amides is 1. The van der Waals surface area contributed by atoms with Crippen molar-refractivity contribution >= 4 is 29.2 Å². The fourth-order valence-corrected chi connectivity index (χ4v) is 3.18. The van der Waals surface area contributed by atoms with Gasteiger partial charge in [-0.05, 0) is 36.8 Å². The van der Waals surface area contributed by atoms with Gasteiger partial charge in [-0.25, -0.2) is 9.67 Å². The van der Waals surface area contributed by atoms with Crippen LogP contribution in [0.2, 0.25) is 5.02 Å². The quantitative estimate of drug-likeness (QED) is 0.496. The molecule has 2 heterocycles. The van der Waals surface area contributed by atoms with Crippen molar-refractivity contribution < 1.29 is 14.4 Å². The zero-order chi connectivity index (χ0) is 22.4. The van der Waals surface area contributed by atoms with Crippen LogP contribution in [0.4, 0.5) is 0 Å². The maximum Gasteiger partial charge on any atom is 0.287 e. The van der Waals surface area contributed by atoms with Crippen LogP contribution in [0.3, 0.4) is 0 Å². The van der Waals surface area contributed by atoms with Crippen molar-refractivity contribution in [2.24, 2.45) is 5.73 Å². The molecule has 0 aliphatic rings. The lowest BCUT2D eigenvalue weighted by molar-refractivity contribution is -0.137. The molecule has 2 aromatic heterocycles. The van der Waals surface area contributed by atoms with E-state index in [1.807, 2.05) is 19.1 Å². The number of aromatic nitrogens is 3. The third-order valence-corrected chi connectivity index (χ3v) is 4.94. The second-order valence-corrected chi connectivity index (χ2v) is 7.36. The number of hydrogen-bond donors (Lipinski definition) is 2. The lowest BCUT2D eigenvalue weighted by atomic mass is 10.0. The molecular weight excluding hydrogens is 418 g/mol. The first-order valence-electron chi connectivity index (χ1n) is 9.82. The highest BCUT2D eigenvalue weighted by atomic mass is 35.5. The Morgan fingerprint density at radius 2 is 1.90 bits per heavy atom. The largest absolute Gasteiger partial charge is 0.363 e. The molecule has 0 saturated carbocycles. The number of rotatable bonds is 9. The molecule has 31 heavy (non-hydrogen) atoms. The molecule has 0 saturated heterocycles. The topological polar surface area (TPSA) is 120 Å². The summed E-state index contributed by atoms with van der Waals surface area (Å²) < 4.78 is 1.48. The number of benzene rings is 1. The van der Waals surface area contributed by atoms with Crippen molar-refractivity contribution in [3.8, 4) is 17.1 Å². The molecular formula is C22H22ClN5O3. The fraction of sp³-hybridized carbons (Fsp3) is 0.227. The van der Waals surface area contributed by atoms with Gasteiger partial charge < -0.3 is 11.1 Å². The summed E-state index contributed by atoms with van der Waals surface area (Å²) in [4.78, 5) is 40.7. The Kier molecular flexibility index (Phi) is 7.15. The van der Waals surface area contributed by atoms with Gasteiger partial charge in [0.25, 0.3) is 11.8 Å². The van der Waals surface area contributed by atoms with Crippen LogP contribution in [0.25, 0.3) is 17.1 Å². The van der Waals surface area contributed by atoms with Crippen LogP contribution >= 0.6 is 11.6 Å². The third kappa shape index (κ3) is 5.35. The summed E-state index contributed by atoms with van der Waals surface area (Å²) in [6.45, 7) is 1.95. The van der Waals surface area contributed by atoms with E-state index in [2.05, 4.69) is 15.4 Å². The molecule has 0 spiro atoms. The third-order valence-electron chi connectivity index (χ3n) is 4.69. The van der Waals surface area contributed by atoms with Crippen LogP contribution in [-0.2, 0) is 9.59 Å². The molecule has 0 fully saturated rings. The van der Waals surface area contributed by atoms with Gasteiger partial charge in [-0.3, -0.25) is 14.4 Å². The molecule has 3 aromatic rings. The summed E-state index contributed by atoms with van der Waals surface area (Å²) >= 11 is 5.94. The average Bonchev–Trinajstić information content (AvgIpc) is 3.26. The van der Waals surface area contributed by atoms with Crippen molar-refractivity contribution in [2.75, 3.05) is 0 Å². The van der Waals surface area contributed by atoms with Crippen LogP contribution < -0.4 is 11.1 Å². The van der Waals surface area contributed by atoms with Gasteiger partial charge in [-0.15, -0.1) is 0 Å². The molecule has 2 amide bonds. The van der Waals surface area contributed by atoms with E-state index in [4.69, 9.17) is 17.3 Å². The number of pyridine rings is 1. The van der Waals surface area contributed by atoms with E-state index in [-0.39, 0.29) is 5.56 Å². The first-order chi connectivity index (χ1) is 14.9. The van der Waals surface area contributed by atoms with E-state index >= 15 is 0 Å². The minimum absolute atomic E-state index is 0.215. The van der Waals surface area contributed by atoms with Gasteiger partial charge in [0.15, 0.2) is 5.82 Å². The van der Waals surface area contributed by atoms with E-state index in [1.54, 1.807) is 42.7 Å². The van der Waals surface area contributed by atoms with Gasteiger partial charge in [0, 0.05) is 23.0 Å². The number of halogens is 1. The molecule has 0 bridgehead atoms. The number of carbonyl (C=O) groups is 3. The Morgan fingerprint density at radius 3 is 2.58 bits per heavy atom. The lowest BCUT2D eigenvalue weighted by Crippen LogP contribution is -2.46. The first kappa shape index (κ1) is 22.2. The highest BCUT2D eigenvalue weighted by molar-refractivity contribution is 6.38. The maximum absolute atomic E-state index is 12.9. The molecule has 9 heteroatoms. The predicted octanol–water partition coefficient (Wildman–Crippen LogP) is 2.93. The number of ketones is 1. The second kappa shape index (κ2) is 9.99. The molecule has 1 aromatic carbocycles. The Labute approximate surface area is 184 Å². The number of Topliss-reactive ketones (excluding diaryl/α,β-unsaturated/α-hetero) is 1. The molecule has 1 atom stereocenters. The summed E-state index contributed by atoms with van der Waals surface area (Å²) in [6.07, 6.45) is 5.01. The van der Waals surface area contributed by atoms with Crippen molar-refractivity contribution in [3.05, 3.63) is 65.4 Å².